The number of piperidine rings is 1. The van der Waals surface area contributed by atoms with Crippen LogP contribution in [0, 0.1) is 6.92 Å². The zero-order valence-electron chi connectivity index (χ0n) is 10.6. The number of esters is 1. The van der Waals surface area contributed by atoms with Crippen LogP contribution in [0.15, 0.2) is 6.07 Å². The van der Waals surface area contributed by atoms with E-state index >= 15 is 0 Å². The minimum Gasteiger partial charge on any atom is -0.467 e. The van der Waals surface area contributed by atoms with Crippen molar-refractivity contribution in [1.29, 1.82) is 0 Å². The molecule has 6 nitrogen and oxygen atoms in total. The Labute approximate surface area is 105 Å². The van der Waals surface area contributed by atoms with Gasteiger partial charge in [-0.1, -0.05) is 0 Å². The van der Waals surface area contributed by atoms with Crippen LogP contribution >= 0.6 is 0 Å². The van der Waals surface area contributed by atoms with Gasteiger partial charge in [-0.3, -0.25) is 9.89 Å². The maximum absolute atomic E-state index is 12.3. The van der Waals surface area contributed by atoms with Crippen molar-refractivity contribution in [1.82, 2.24) is 15.1 Å². The van der Waals surface area contributed by atoms with Gasteiger partial charge in [0.25, 0.3) is 5.91 Å². The summed E-state index contributed by atoms with van der Waals surface area (Å²) in [5.74, 6) is -0.565. The summed E-state index contributed by atoms with van der Waals surface area (Å²) in [6.45, 7) is 2.41. The first-order chi connectivity index (χ1) is 8.63. The number of nitrogens with zero attached hydrogens (tertiary/aromatic N) is 2. The van der Waals surface area contributed by atoms with Gasteiger partial charge in [0.2, 0.25) is 0 Å². The number of aryl methyl sites for hydroxylation is 1. The number of carbonyl (C=O) groups excluding carboxylic acids is 2. The molecule has 1 aromatic heterocycles. The molecule has 1 aromatic rings. The SMILES string of the molecule is COC(=O)[C@H]1CCCCN1C(=O)c1cc(C)[nH]n1. The number of rotatable bonds is 2. The van der Waals surface area contributed by atoms with Gasteiger partial charge in [-0.25, -0.2) is 4.79 Å². The van der Waals surface area contributed by atoms with Gasteiger partial charge in [-0.2, -0.15) is 5.10 Å². The van der Waals surface area contributed by atoms with Crippen molar-refractivity contribution in [3.8, 4) is 0 Å². The molecular formula is C12H17N3O3. The lowest BCUT2D eigenvalue weighted by Crippen LogP contribution is -2.48. The Morgan fingerprint density at radius 3 is 2.89 bits per heavy atom. The number of nitrogens with one attached hydrogen (secondary N) is 1. The van der Waals surface area contributed by atoms with Crippen LogP contribution in [0.3, 0.4) is 0 Å². The summed E-state index contributed by atoms with van der Waals surface area (Å²) >= 11 is 0. The van der Waals surface area contributed by atoms with E-state index in [0.29, 0.717) is 18.7 Å². The van der Waals surface area contributed by atoms with E-state index in [2.05, 4.69) is 10.2 Å². The topological polar surface area (TPSA) is 75.3 Å². The third-order valence-electron chi connectivity index (χ3n) is 3.16. The van der Waals surface area contributed by atoms with Crippen molar-refractivity contribution in [2.75, 3.05) is 13.7 Å². The Kier molecular flexibility index (Phi) is 3.64. The van der Waals surface area contributed by atoms with Gasteiger partial charge in [0.15, 0.2) is 0 Å². The molecular weight excluding hydrogens is 234 g/mol. The lowest BCUT2D eigenvalue weighted by Gasteiger charge is -2.33. The van der Waals surface area contributed by atoms with E-state index < -0.39 is 6.04 Å². The standard InChI is InChI=1S/C12H17N3O3/c1-8-7-9(14-13-8)11(16)15-6-4-3-5-10(15)12(17)18-2/h7,10H,3-6H2,1-2H3,(H,13,14)/t10-/m1/s1. The number of H-pyrrole nitrogens is 1. The number of hydrogen-bond donors (Lipinski definition) is 1. The van der Waals surface area contributed by atoms with Crippen LogP contribution in [0.4, 0.5) is 0 Å². The van der Waals surface area contributed by atoms with Crippen LogP contribution in [0.2, 0.25) is 0 Å². The highest BCUT2D eigenvalue weighted by atomic mass is 16.5. The molecule has 0 aliphatic carbocycles. The molecule has 2 rings (SSSR count). The number of methoxy groups -OCH3 is 1. The van der Waals surface area contributed by atoms with Crippen molar-refractivity contribution in [3.05, 3.63) is 17.5 Å². The van der Waals surface area contributed by atoms with Gasteiger partial charge in [0.05, 0.1) is 7.11 Å². The maximum atomic E-state index is 12.3. The molecule has 0 aromatic carbocycles. The summed E-state index contributed by atoms with van der Waals surface area (Å²) < 4.78 is 4.75. The normalized spacial score (nSPS) is 19.7. The second-order valence-electron chi connectivity index (χ2n) is 4.47. The Morgan fingerprint density at radius 1 is 1.50 bits per heavy atom. The van der Waals surface area contributed by atoms with Gasteiger partial charge in [-0.15, -0.1) is 0 Å². The van der Waals surface area contributed by atoms with E-state index in [0.717, 1.165) is 18.5 Å². The third-order valence-corrected chi connectivity index (χ3v) is 3.16. The second-order valence-corrected chi connectivity index (χ2v) is 4.47. The first-order valence-electron chi connectivity index (χ1n) is 6.04. The number of hydrogen-bond acceptors (Lipinski definition) is 4. The largest absolute Gasteiger partial charge is 0.467 e. The molecule has 0 radical (unpaired) electrons. The molecule has 1 amide bonds. The van der Waals surface area contributed by atoms with Crippen LogP contribution in [0.25, 0.3) is 0 Å². The molecule has 1 atom stereocenters. The number of aromatic nitrogens is 2. The summed E-state index contributed by atoms with van der Waals surface area (Å²) in [5, 5.41) is 6.68. The zero-order chi connectivity index (χ0) is 13.1. The molecule has 1 aliphatic heterocycles. The first-order valence-corrected chi connectivity index (χ1v) is 6.04. The van der Waals surface area contributed by atoms with E-state index in [9.17, 15) is 9.59 Å². The summed E-state index contributed by atoms with van der Waals surface area (Å²) in [5.41, 5.74) is 1.17. The summed E-state index contributed by atoms with van der Waals surface area (Å²) in [6.07, 6.45) is 2.49. The lowest BCUT2D eigenvalue weighted by molar-refractivity contribution is -0.147. The van der Waals surface area contributed by atoms with Crippen LogP contribution < -0.4 is 0 Å². The minimum absolute atomic E-state index is 0.213. The maximum Gasteiger partial charge on any atom is 0.328 e. The molecule has 1 N–H and O–H groups in total. The molecule has 0 bridgehead atoms. The van der Waals surface area contributed by atoms with Crippen LogP contribution in [-0.2, 0) is 9.53 Å². The van der Waals surface area contributed by atoms with E-state index in [4.69, 9.17) is 4.74 Å². The van der Waals surface area contributed by atoms with Crippen molar-refractivity contribution in [3.63, 3.8) is 0 Å². The van der Waals surface area contributed by atoms with Crippen LogP contribution in [0.1, 0.15) is 35.4 Å². The third kappa shape index (κ3) is 2.37. The monoisotopic (exact) mass is 251 g/mol. The average molecular weight is 251 g/mol. The van der Waals surface area contributed by atoms with Gasteiger partial charge in [0, 0.05) is 12.2 Å². The van der Waals surface area contributed by atoms with Crippen LogP contribution in [-0.4, -0.2) is 46.7 Å². The summed E-state index contributed by atoms with van der Waals surface area (Å²) in [6, 6.07) is 1.21. The Morgan fingerprint density at radius 2 is 2.28 bits per heavy atom. The minimum atomic E-state index is -0.478. The molecule has 1 saturated heterocycles. The Hall–Kier alpha value is -1.85. The van der Waals surface area contributed by atoms with Crippen molar-refractivity contribution in [2.45, 2.75) is 32.2 Å². The van der Waals surface area contributed by atoms with E-state index in [1.165, 1.54) is 7.11 Å². The predicted molar refractivity (Wildman–Crippen MR) is 64.0 cm³/mol. The molecule has 1 aliphatic rings. The Bertz CT molecular complexity index is 455. The first kappa shape index (κ1) is 12.6. The number of likely N-dealkylation sites (tertiary alicyclic amines) is 1. The van der Waals surface area contributed by atoms with Gasteiger partial charge in [-0.05, 0) is 32.3 Å². The van der Waals surface area contributed by atoms with Gasteiger partial charge >= 0.3 is 5.97 Å². The van der Waals surface area contributed by atoms with Gasteiger partial charge < -0.3 is 9.64 Å². The van der Waals surface area contributed by atoms with Crippen molar-refractivity contribution >= 4 is 11.9 Å². The van der Waals surface area contributed by atoms with Gasteiger partial charge in [0.1, 0.15) is 11.7 Å². The quantitative estimate of drug-likeness (QED) is 0.792. The smallest absolute Gasteiger partial charge is 0.328 e. The fourth-order valence-electron chi connectivity index (χ4n) is 2.23. The number of aromatic amines is 1. The predicted octanol–water partition coefficient (Wildman–Crippen LogP) is 0.886. The number of amides is 1. The fourth-order valence-corrected chi connectivity index (χ4v) is 2.23. The average Bonchev–Trinajstić information content (AvgIpc) is 2.83. The molecule has 18 heavy (non-hydrogen) atoms. The van der Waals surface area contributed by atoms with Crippen LogP contribution in [0.5, 0.6) is 0 Å². The highest BCUT2D eigenvalue weighted by molar-refractivity contribution is 5.95. The molecule has 0 unspecified atom stereocenters. The molecule has 98 valence electrons. The molecule has 0 saturated carbocycles. The molecule has 1 fully saturated rings. The Balaban J connectivity index is 2.18. The highest BCUT2D eigenvalue weighted by Crippen LogP contribution is 2.20. The molecule has 0 spiro atoms. The highest BCUT2D eigenvalue weighted by Gasteiger charge is 2.34. The second kappa shape index (κ2) is 5.20. The van der Waals surface area contributed by atoms with Crippen molar-refractivity contribution in [2.24, 2.45) is 0 Å². The molecule has 6 heteroatoms. The summed E-state index contributed by atoms with van der Waals surface area (Å²) in [7, 11) is 1.35. The number of carbonyl (C=O) groups is 2. The van der Waals surface area contributed by atoms with E-state index in [-0.39, 0.29) is 11.9 Å². The van der Waals surface area contributed by atoms with E-state index in [1.54, 1.807) is 11.0 Å². The fraction of sp³-hybridized carbons (Fsp3) is 0.583. The summed E-state index contributed by atoms with van der Waals surface area (Å²) in [4.78, 5) is 25.5. The zero-order valence-corrected chi connectivity index (χ0v) is 10.6. The van der Waals surface area contributed by atoms with E-state index in [1.807, 2.05) is 6.92 Å². The lowest BCUT2D eigenvalue weighted by atomic mass is 10.0. The molecule has 2 heterocycles. The van der Waals surface area contributed by atoms with Crippen molar-refractivity contribution < 1.29 is 14.3 Å². The number of ether oxygens (including phenoxy) is 1.